The van der Waals surface area contributed by atoms with Crippen LogP contribution in [0.1, 0.15) is 21.5 Å². The van der Waals surface area contributed by atoms with Gasteiger partial charge in [0.15, 0.2) is 0 Å². The van der Waals surface area contributed by atoms with Crippen LogP contribution < -0.4 is 11.1 Å². The number of amides is 1. The largest absolute Gasteiger partial charge is 0.389 e. The van der Waals surface area contributed by atoms with E-state index >= 15 is 0 Å². The Kier molecular flexibility index (Phi) is 5.24. The van der Waals surface area contributed by atoms with Gasteiger partial charge in [0.05, 0.1) is 5.56 Å². The lowest BCUT2D eigenvalue weighted by atomic mass is 10.1. The lowest BCUT2D eigenvalue weighted by Crippen LogP contribution is -2.24. The van der Waals surface area contributed by atoms with Crippen LogP contribution in [-0.2, 0) is 6.54 Å². The van der Waals surface area contributed by atoms with Crippen LogP contribution in [0.25, 0.3) is 0 Å². The van der Waals surface area contributed by atoms with Gasteiger partial charge in [-0.3, -0.25) is 4.79 Å². The topological polar surface area (TPSA) is 55.1 Å². The summed E-state index contributed by atoms with van der Waals surface area (Å²) >= 11 is 6.87. The van der Waals surface area contributed by atoms with E-state index in [1.165, 1.54) is 6.07 Å². The molecule has 3 N–H and O–H groups in total. The number of rotatable bonds is 4. The fraction of sp³-hybridized carbons (Fsp3) is 0.0667. The summed E-state index contributed by atoms with van der Waals surface area (Å²) in [6, 6.07) is 11.7. The summed E-state index contributed by atoms with van der Waals surface area (Å²) in [4.78, 5) is 12.2. The third kappa shape index (κ3) is 3.98. The molecule has 0 atom stereocenters. The van der Waals surface area contributed by atoms with Crippen molar-refractivity contribution in [1.29, 1.82) is 0 Å². The molecule has 0 aliphatic heterocycles. The minimum atomic E-state index is -0.441. The van der Waals surface area contributed by atoms with Gasteiger partial charge in [0.2, 0.25) is 0 Å². The average molecular weight is 414 g/mol. The summed E-state index contributed by atoms with van der Waals surface area (Å²) in [5.74, 6) is -0.679. The molecule has 0 aliphatic carbocycles. The van der Waals surface area contributed by atoms with Crippen LogP contribution in [0.4, 0.5) is 4.39 Å². The highest BCUT2D eigenvalue weighted by Gasteiger charge is 2.10. The molecule has 0 saturated heterocycles. The molecule has 0 spiro atoms. The SMILES string of the molecule is NC(=S)c1ccc(CNC(=O)c2ccccc2I)c(F)c1. The molecule has 0 radical (unpaired) electrons. The van der Waals surface area contributed by atoms with Crippen LogP contribution >= 0.6 is 34.8 Å². The number of nitrogens with two attached hydrogens (primary N) is 1. The molecule has 1 amide bonds. The monoisotopic (exact) mass is 414 g/mol. The summed E-state index contributed by atoms with van der Waals surface area (Å²) < 4.78 is 14.7. The Bertz CT molecular complexity index is 706. The van der Waals surface area contributed by atoms with Crippen molar-refractivity contribution in [2.24, 2.45) is 5.73 Å². The number of benzene rings is 2. The summed E-state index contributed by atoms with van der Waals surface area (Å²) in [5, 5.41) is 2.70. The Morgan fingerprint density at radius 2 is 2.00 bits per heavy atom. The standard InChI is InChI=1S/C15H12FIN2OS/c16-12-7-9(14(18)21)5-6-10(12)8-19-15(20)11-3-1-2-4-13(11)17/h1-7H,8H2,(H2,18,21)(H,19,20). The van der Waals surface area contributed by atoms with Crippen molar-refractivity contribution in [3.63, 3.8) is 0 Å². The zero-order chi connectivity index (χ0) is 15.4. The Labute approximate surface area is 140 Å². The zero-order valence-electron chi connectivity index (χ0n) is 10.9. The van der Waals surface area contributed by atoms with Crippen LogP contribution in [0.15, 0.2) is 42.5 Å². The summed E-state index contributed by atoms with van der Waals surface area (Å²) in [5.41, 5.74) is 6.86. The molecule has 3 nitrogen and oxygen atoms in total. The van der Waals surface area contributed by atoms with Crippen molar-refractivity contribution < 1.29 is 9.18 Å². The number of thiocarbonyl (C=S) groups is 1. The van der Waals surface area contributed by atoms with Gasteiger partial charge in [-0.25, -0.2) is 4.39 Å². The molecule has 0 bridgehead atoms. The van der Waals surface area contributed by atoms with Crippen LogP contribution in [0.5, 0.6) is 0 Å². The number of hydrogen-bond acceptors (Lipinski definition) is 2. The first-order chi connectivity index (χ1) is 9.99. The Morgan fingerprint density at radius 1 is 1.29 bits per heavy atom. The molecule has 2 aromatic carbocycles. The van der Waals surface area contributed by atoms with Crippen LogP contribution in [0.2, 0.25) is 0 Å². The molecule has 2 aromatic rings. The first-order valence-electron chi connectivity index (χ1n) is 6.10. The van der Waals surface area contributed by atoms with Gasteiger partial charge in [-0.05, 0) is 40.8 Å². The maximum Gasteiger partial charge on any atom is 0.252 e. The summed E-state index contributed by atoms with van der Waals surface area (Å²) in [7, 11) is 0. The predicted octanol–water partition coefficient (Wildman–Crippen LogP) is 2.99. The van der Waals surface area contributed by atoms with Crippen LogP contribution in [0, 0.1) is 9.39 Å². The van der Waals surface area contributed by atoms with Crippen molar-refractivity contribution in [2.45, 2.75) is 6.54 Å². The molecule has 0 saturated carbocycles. The van der Waals surface area contributed by atoms with Gasteiger partial charge < -0.3 is 11.1 Å². The third-order valence-electron chi connectivity index (χ3n) is 2.90. The van der Waals surface area contributed by atoms with Crippen LogP contribution in [0.3, 0.4) is 0 Å². The van der Waals surface area contributed by atoms with Gasteiger partial charge in [0.25, 0.3) is 5.91 Å². The lowest BCUT2D eigenvalue weighted by molar-refractivity contribution is 0.0949. The molecule has 0 aliphatic rings. The second kappa shape index (κ2) is 6.95. The van der Waals surface area contributed by atoms with E-state index in [0.717, 1.165) is 3.57 Å². The molecule has 108 valence electrons. The normalized spacial score (nSPS) is 10.2. The van der Waals surface area contributed by atoms with E-state index in [9.17, 15) is 9.18 Å². The van der Waals surface area contributed by atoms with Gasteiger partial charge in [-0.15, -0.1) is 0 Å². The van der Waals surface area contributed by atoms with Crippen LogP contribution in [-0.4, -0.2) is 10.9 Å². The molecule has 6 heteroatoms. The van der Waals surface area contributed by atoms with Crippen molar-refractivity contribution >= 4 is 45.7 Å². The Hall–Kier alpha value is -1.54. The van der Waals surface area contributed by atoms with E-state index < -0.39 is 5.82 Å². The number of carbonyl (C=O) groups is 1. The number of hydrogen-bond donors (Lipinski definition) is 2. The van der Waals surface area contributed by atoms with E-state index in [4.69, 9.17) is 18.0 Å². The molecular formula is C15H12FIN2OS. The van der Waals surface area contributed by atoms with E-state index in [1.807, 2.05) is 12.1 Å². The van der Waals surface area contributed by atoms with E-state index in [-0.39, 0.29) is 17.4 Å². The highest BCUT2D eigenvalue weighted by molar-refractivity contribution is 14.1. The molecule has 0 fully saturated rings. The molecule has 21 heavy (non-hydrogen) atoms. The van der Waals surface area contributed by atoms with E-state index in [2.05, 4.69) is 27.9 Å². The average Bonchev–Trinajstić information content (AvgIpc) is 2.46. The van der Waals surface area contributed by atoms with Crippen molar-refractivity contribution in [1.82, 2.24) is 5.32 Å². The van der Waals surface area contributed by atoms with Gasteiger partial charge in [-0.1, -0.05) is 36.5 Å². The highest BCUT2D eigenvalue weighted by Crippen LogP contribution is 2.13. The number of nitrogens with one attached hydrogen (secondary N) is 1. The van der Waals surface area contributed by atoms with Gasteiger partial charge >= 0.3 is 0 Å². The number of halogens is 2. The van der Waals surface area contributed by atoms with Crippen molar-refractivity contribution in [3.05, 3.63) is 68.5 Å². The molecule has 2 rings (SSSR count). The maximum atomic E-state index is 13.9. The maximum absolute atomic E-state index is 13.9. The summed E-state index contributed by atoms with van der Waals surface area (Å²) in [6.07, 6.45) is 0. The first-order valence-corrected chi connectivity index (χ1v) is 7.58. The highest BCUT2D eigenvalue weighted by atomic mass is 127. The fourth-order valence-electron chi connectivity index (χ4n) is 1.76. The second-order valence-electron chi connectivity index (χ2n) is 4.33. The molecular weight excluding hydrogens is 402 g/mol. The molecule has 0 unspecified atom stereocenters. The van der Waals surface area contributed by atoms with Gasteiger partial charge in [0, 0.05) is 21.2 Å². The molecule has 0 aromatic heterocycles. The Balaban J connectivity index is 2.08. The third-order valence-corrected chi connectivity index (χ3v) is 4.07. The predicted molar refractivity (Wildman–Crippen MR) is 92.6 cm³/mol. The minimum Gasteiger partial charge on any atom is -0.389 e. The van der Waals surface area contributed by atoms with Crippen molar-refractivity contribution in [2.75, 3.05) is 0 Å². The quantitative estimate of drug-likeness (QED) is 0.598. The number of carbonyl (C=O) groups excluding carboxylic acids is 1. The minimum absolute atomic E-state index is 0.104. The van der Waals surface area contributed by atoms with Gasteiger partial charge in [-0.2, -0.15) is 0 Å². The summed E-state index contributed by atoms with van der Waals surface area (Å²) in [6.45, 7) is 0.104. The van der Waals surface area contributed by atoms with E-state index in [1.54, 1.807) is 24.3 Å². The smallest absolute Gasteiger partial charge is 0.252 e. The zero-order valence-corrected chi connectivity index (χ0v) is 13.9. The van der Waals surface area contributed by atoms with Gasteiger partial charge in [0.1, 0.15) is 10.8 Å². The van der Waals surface area contributed by atoms with Crippen molar-refractivity contribution in [3.8, 4) is 0 Å². The fourth-order valence-corrected chi connectivity index (χ4v) is 2.52. The second-order valence-corrected chi connectivity index (χ2v) is 5.93. The lowest BCUT2D eigenvalue weighted by Gasteiger charge is -2.08. The molecule has 0 heterocycles. The first kappa shape index (κ1) is 15.8. The Morgan fingerprint density at radius 3 is 2.62 bits per heavy atom. The van der Waals surface area contributed by atoms with E-state index in [0.29, 0.717) is 16.7 Å².